The molecule has 4 rings (SSSR count). The summed E-state index contributed by atoms with van der Waals surface area (Å²) in [5, 5.41) is 14.4. The molecule has 16 heteroatoms. The minimum Gasteiger partial charge on any atom is -0.442 e. The van der Waals surface area contributed by atoms with Gasteiger partial charge in [0.15, 0.2) is 0 Å². The number of fused-ring (bicyclic) bond motifs is 1. The lowest BCUT2D eigenvalue weighted by Crippen LogP contribution is -2.48. The number of hydrogen-bond donors (Lipinski definition) is 1. The van der Waals surface area contributed by atoms with Crippen LogP contribution in [0.15, 0.2) is 24.4 Å². The first-order chi connectivity index (χ1) is 18.0. The second kappa shape index (κ2) is 11.0. The third kappa shape index (κ3) is 5.75. The van der Waals surface area contributed by atoms with Crippen molar-refractivity contribution in [3.63, 3.8) is 0 Å². The number of benzene rings is 1. The van der Waals surface area contributed by atoms with E-state index in [4.69, 9.17) is 9.47 Å². The van der Waals surface area contributed by atoms with Crippen LogP contribution < -0.4 is 9.80 Å². The van der Waals surface area contributed by atoms with Crippen molar-refractivity contribution in [3.8, 4) is 0 Å². The molecule has 3 atom stereocenters. The van der Waals surface area contributed by atoms with Crippen molar-refractivity contribution < 1.29 is 47.2 Å². The van der Waals surface area contributed by atoms with E-state index in [0.717, 1.165) is 18.2 Å². The number of carbonyl (C=O) groups excluding carboxylic acids is 3. The Bertz CT molecular complexity index is 1240. The van der Waals surface area contributed by atoms with Gasteiger partial charge >= 0.3 is 27.0 Å². The van der Waals surface area contributed by atoms with Gasteiger partial charge in [-0.05, 0) is 34.2 Å². The molecule has 1 fully saturated rings. The summed E-state index contributed by atoms with van der Waals surface area (Å²) < 4.78 is 46.6. The molecule has 204 valence electrons. The second-order valence-electron chi connectivity index (χ2n) is 8.52. The molecule has 3 amide bonds. The summed E-state index contributed by atoms with van der Waals surface area (Å²) in [4.78, 5) is 40.7. The van der Waals surface area contributed by atoms with Gasteiger partial charge in [-0.15, -0.1) is 0 Å². The number of ether oxygens (including phenoxy) is 3. The molecule has 0 radical (unpaired) electrons. The monoisotopic (exact) mass is 554 g/mol. The topological polar surface area (TPSA) is 153 Å². The number of amides is 3. The largest absolute Gasteiger partial charge is 0.504 e. The lowest BCUT2D eigenvalue weighted by atomic mass is 10.2. The number of halogens is 1. The lowest BCUT2D eigenvalue weighted by Gasteiger charge is -2.25. The zero-order valence-corrected chi connectivity index (χ0v) is 21.7. The van der Waals surface area contributed by atoms with Crippen molar-refractivity contribution in [2.24, 2.45) is 7.05 Å². The predicted octanol–water partition coefficient (Wildman–Crippen LogP) is 1.99. The van der Waals surface area contributed by atoms with Crippen LogP contribution in [0.2, 0.25) is 0 Å². The molecule has 2 aromatic rings. The molecule has 0 spiro atoms. The normalized spacial score (nSPS) is 18.3. The van der Waals surface area contributed by atoms with Crippen LogP contribution in [0.5, 0.6) is 0 Å². The molecule has 2 aliphatic heterocycles. The molecule has 1 aromatic heterocycles. The predicted molar refractivity (Wildman–Crippen MR) is 128 cm³/mol. The Morgan fingerprint density at radius 2 is 2.13 bits per heavy atom. The highest BCUT2D eigenvalue weighted by molar-refractivity contribution is 7.17. The summed E-state index contributed by atoms with van der Waals surface area (Å²) in [6.45, 7) is 2.72. The van der Waals surface area contributed by atoms with Gasteiger partial charge in [0.05, 0.1) is 43.3 Å². The number of anilines is 2. The minimum atomic E-state index is -2.98. The van der Waals surface area contributed by atoms with Crippen LogP contribution in [0, 0.1) is 5.82 Å². The SMILES string of the molecule is CCOC(O)(O[PH+]=O)OC(=O)N(CC1CN(c2ccc(N3Cc4cn(C)nc4C3)c(F)c2)C(=O)O1)C(C)=O. The van der Waals surface area contributed by atoms with Gasteiger partial charge in [0.1, 0.15) is 11.9 Å². The zero-order chi connectivity index (χ0) is 27.6. The molecular weight excluding hydrogens is 528 g/mol. The van der Waals surface area contributed by atoms with Gasteiger partial charge in [0, 0.05) is 32.3 Å². The maximum absolute atomic E-state index is 15.1. The molecule has 2 aliphatic rings. The fraction of sp³-hybridized carbons (Fsp3) is 0.455. The summed E-state index contributed by atoms with van der Waals surface area (Å²) in [7, 11) is 0.285. The quantitative estimate of drug-likeness (QED) is 0.358. The Hall–Kier alpha value is -3.65. The van der Waals surface area contributed by atoms with Gasteiger partial charge in [-0.1, -0.05) is 0 Å². The number of hydrogen-bond acceptors (Lipinski definition) is 11. The average molecular weight is 554 g/mol. The summed E-state index contributed by atoms with van der Waals surface area (Å²) in [5.41, 5.74) is 2.46. The van der Waals surface area contributed by atoms with Crippen molar-refractivity contribution >= 4 is 38.2 Å². The van der Waals surface area contributed by atoms with Crippen molar-refractivity contribution in [1.29, 1.82) is 0 Å². The van der Waals surface area contributed by atoms with E-state index < -0.39 is 51.4 Å². The third-order valence-corrected chi connectivity index (χ3v) is 6.19. The van der Waals surface area contributed by atoms with Gasteiger partial charge in [0.25, 0.3) is 0 Å². The van der Waals surface area contributed by atoms with Gasteiger partial charge in [-0.2, -0.15) is 5.10 Å². The van der Waals surface area contributed by atoms with Crippen molar-refractivity contribution in [3.05, 3.63) is 41.5 Å². The highest BCUT2D eigenvalue weighted by atomic mass is 31.1. The number of aliphatic hydroxyl groups is 1. The van der Waals surface area contributed by atoms with Crippen molar-refractivity contribution in [1.82, 2.24) is 14.7 Å². The zero-order valence-electron chi connectivity index (χ0n) is 20.7. The van der Waals surface area contributed by atoms with Crippen LogP contribution in [-0.2, 0) is 48.2 Å². The maximum atomic E-state index is 15.1. The molecule has 0 saturated carbocycles. The van der Waals surface area contributed by atoms with E-state index in [0.29, 0.717) is 23.7 Å². The Balaban J connectivity index is 1.42. The van der Waals surface area contributed by atoms with Gasteiger partial charge in [0.2, 0.25) is 5.91 Å². The fourth-order valence-corrected chi connectivity index (χ4v) is 4.43. The number of cyclic esters (lactones) is 1. The maximum Gasteiger partial charge on any atom is 0.504 e. The fourth-order valence-electron chi connectivity index (χ4n) is 4.22. The molecule has 38 heavy (non-hydrogen) atoms. The molecule has 1 saturated heterocycles. The summed E-state index contributed by atoms with van der Waals surface area (Å²) in [6.07, 6.45) is -4.29. The summed E-state index contributed by atoms with van der Waals surface area (Å²) in [6, 6.07) is 4.33. The molecular formula is C22H26FN5O9P+. The Labute approximate surface area is 217 Å². The van der Waals surface area contributed by atoms with Gasteiger partial charge in [-0.25, -0.2) is 18.9 Å². The Morgan fingerprint density at radius 1 is 1.37 bits per heavy atom. The highest BCUT2D eigenvalue weighted by Crippen LogP contribution is 2.33. The molecule has 0 aliphatic carbocycles. The van der Waals surface area contributed by atoms with E-state index in [-0.39, 0.29) is 18.8 Å². The number of aryl methyl sites for hydroxylation is 1. The number of imide groups is 1. The average Bonchev–Trinajstić information content (AvgIpc) is 3.49. The number of aromatic nitrogens is 2. The molecule has 1 N–H and O–H groups in total. The Morgan fingerprint density at radius 3 is 2.76 bits per heavy atom. The summed E-state index contributed by atoms with van der Waals surface area (Å²) in [5.74, 6) is -1.35. The number of rotatable bonds is 9. The van der Waals surface area contributed by atoms with Crippen LogP contribution in [0.3, 0.4) is 0 Å². The van der Waals surface area contributed by atoms with E-state index in [1.165, 1.54) is 17.9 Å². The first-order valence-corrected chi connectivity index (χ1v) is 12.3. The van der Waals surface area contributed by atoms with E-state index in [1.807, 2.05) is 18.1 Å². The molecule has 3 heterocycles. The van der Waals surface area contributed by atoms with Gasteiger partial charge in [-0.3, -0.25) is 19.1 Å². The lowest BCUT2D eigenvalue weighted by molar-refractivity contribution is -0.430. The van der Waals surface area contributed by atoms with Crippen LogP contribution in [0.25, 0.3) is 0 Å². The summed E-state index contributed by atoms with van der Waals surface area (Å²) >= 11 is 0. The van der Waals surface area contributed by atoms with Crippen LogP contribution in [0.4, 0.5) is 25.4 Å². The minimum absolute atomic E-state index is 0.109. The highest BCUT2D eigenvalue weighted by Gasteiger charge is 2.43. The van der Waals surface area contributed by atoms with E-state index in [1.54, 1.807) is 16.8 Å². The van der Waals surface area contributed by atoms with Crippen LogP contribution in [-0.4, -0.2) is 69.8 Å². The molecule has 0 bridgehead atoms. The van der Waals surface area contributed by atoms with Crippen molar-refractivity contribution in [2.45, 2.75) is 39.2 Å². The second-order valence-corrected chi connectivity index (χ2v) is 8.89. The van der Waals surface area contributed by atoms with Crippen molar-refractivity contribution in [2.75, 3.05) is 29.5 Å². The first-order valence-electron chi connectivity index (χ1n) is 11.5. The molecule has 1 aromatic carbocycles. The molecule has 14 nitrogen and oxygen atoms in total. The van der Waals surface area contributed by atoms with Gasteiger partial charge < -0.3 is 19.5 Å². The standard InChI is InChI=1S/C22H26FN5O9P/c1-4-34-22(32,37-38-33)36-21(31)27(13(2)29)10-16-11-28(20(30)35-16)15-5-6-19(17(23)7-15)26-9-14-8-25(3)24-18(14)12-26/h5-8,16,32,38H,4,9-12H2,1-3H3/q+1. The third-order valence-electron chi connectivity index (χ3n) is 5.85. The molecule has 3 unspecified atom stereocenters. The smallest absolute Gasteiger partial charge is 0.442 e. The number of carbonyl (C=O) groups is 3. The first kappa shape index (κ1) is 27.4. The van der Waals surface area contributed by atoms with E-state index in [9.17, 15) is 24.1 Å². The Kier molecular flexibility index (Phi) is 7.92. The van der Waals surface area contributed by atoms with E-state index >= 15 is 4.39 Å². The van der Waals surface area contributed by atoms with Crippen LogP contribution >= 0.6 is 8.69 Å². The van der Waals surface area contributed by atoms with E-state index in [2.05, 4.69) is 14.4 Å². The van der Waals surface area contributed by atoms with Crippen LogP contribution in [0.1, 0.15) is 25.1 Å². The number of nitrogens with zero attached hydrogens (tertiary/aromatic N) is 5.